The number of benzene rings is 3. The van der Waals surface area contributed by atoms with Gasteiger partial charge in [0.05, 0.1) is 0 Å². The Morgan fingerprint density at radius 2 is 1.08 bits per heavy atom. The lowest BCUT2D eigenvalue weighted by Gasteiger charge is -2.19. The Kier molecular flexibility index (Phi) is 4.47. The molecule has 3 aromatic rings. The maximum Gasteiger partial charge on any atom is 0.186 e. The molecule has 26 heavy (non-hydrogen) atoms. The Bertz CT molecular complexity index is 954. The zero-order chi connectivity index (χ0) is 17.9. The molecule has 0 amide bonds. The Hall–Kier alpha value is -3.03. The molecular formula is C22H15O3P. The normalized spacial score (nSPS) is 14.5. The third-order valence-electron chi connectivity index (χ3n) is 4.22. The number of carbonyl (C=O) groups is 2. The van der Waals surface area contributed by atoms with Gasteiger partial charge in [0.25, 0.3) is 0 Å². The maximum atomic E-state index is 11.2. The van der Waals surface area contributed by atoms with Gasteiger partial charge in [-0.05, 0) is 23.8 Å². The van der Waals surface area contributed by atoms with Crippen LogP contribution in [0.25, 0.3) is 11.1 Å². The summed E-state index contributed by atoms with van der Waals surface area (Å²) in [6.07, 6.45) is 2.62. The van der Waals surface area contributed by atoms with Gasteiger partial charge >= 0.3 is 0 Å². The summed E-state index contributed by atoms with van der Waals surface area (Å²) in [7, 11) is 0.440. The van der Waals surface area contributed by atoms with Crippen LogP contribution in [0.5, 0.6) is 5.75 Å². The van der Waals surface area contributed by atoms with E-state index in [4.69, 9.17) is 4.52 Å². The molecule has 0 aromatic heterocycles. The van der Waals surface area contributed by atoms with Crippen LogP contribution in [-0.4, -0.2) is 11.6 Å². The molecule has 126 valence electrons. The average Bonchev–Trinajstić information content (AvgIpc) is 2.71. The van der Waals surface area contributed by atoms with Gasteiger partial charge in [-0.3, -0.25) is 9.59 Å². The summed E-state index contributed by atoms with van der Waals surface area (Å²) in [4.78, 5) is 22.4. The molecule has 0 fully saturated rings. The number of hydrogen-bond donors (Lipinski definition) is 0. The Morgan fingerprint density at radius 1 is 0.577 bits per heavy atom. The van der Waals surface area contributed by atoms with Gasteiger partial charge in [-0.1, -0.05) is 66.7 Å². The Morgan fingerprint density at radius 3 is 1.73 bits per heavy atom. The lowest BCUT2D eigenvalue weighted by atomic mass is 9.95. The highest BCUT2D eigenvalue weighted by molar-refractivity contribution is 7.43. The van der Waals surface area contributed by atoms with Crippen LogP contribution in [0.4, 0.5) is 0 Å². The second-order valence-corrected chi connectivity index (χ2v) is 6.80. The van der Waals surface area contributed by atoms with Crippen LogP contribution in [0.1, 0.15) is 20.7 Å². The van der Waals surface area contributed by atoms with Gasteiger partial charge < -0.3 is 4.52 Å². The zero-order valence-corrected chi connectivity index (χ0v) is 14.8. The Balaban J connectivity index is 0.000000131. The van der Waals surface area contributed by atoms with E-state index in [1.807, 2.05) is 18.2 Å². The quantitative estimate of drug-likeness (QED) is 0.552. The summed E-state index contributed by atoms with van der Waals surface area (Å²) in [5.41, 5.74) is 3.53. The largest absolute Gasteiger partial charge is 0.472 e. The lowest BCUT2D eigenvalue weighted by Crippen LogP contribution is -2.10. The summed E-state index contributed by atoms with van der Waals surface area (Å²) in [6.45, 7) is 0. The van der Waals surface area contributed by atoms with E-state index >= 15 is 0 Å². The van der Waals surface area contributed by atoms with Gasteiger partial charge in [0.15, 0.2) is 11.6 Å². The van der Waals surface area contributed by atoms with E-state index in [2.05, 4.69) is 30.3 Å². The monoisotopic (exact) mass is 358 g/mol. The first kappa shape index (κ1) is 16.4. The minimum atomic E-state index is -0.0924. The smallest absolute Gasteiger partial charge is 0.186 e. The summed E-state index contributed by atoms with van der Waals surface area (Å²) >= 11 is 0. The maximum absolute atomic E-state index is 11.2. The standard InChI is InChI=1S/C12H9OP.C10H6O2/c1-3-7-11-9(5-1)10-6-2-4-8-12(10)14-13-11;11-9-5-6-10(12)8-4-2-1-3-7(8)9/h1-8,14H;1-6H. The molecule has 0 saturated carbocycles. The van der Waals surface area contributed by atoms with Crippen LogP contribution < -0.4 is 9.83 Å². The predicted molar refractivity (Wildman–Crippen MR) is 105 cm³/mol. The number of fused-ring (bicyclic) bond motifs is 4. The van der Waals surface area contributed by atoms with Crippen LogP contribution in [0.2, 0.25) is 0 Å². The van der Waals surface area contributed by atoms with Crippen LogP contribution in [0.3, 0.4) is 0 Å². The fourth-order valence-electron chi connectivity index (χ4n) is 2.94. The van der Waals surface area contributed by atoms with Gasteiger partial charge in [0.2, 0.25) is 0 Å². The summed E-state index contributed by atoms with van der Waals surface area (Å²) in [6, 6.07) is 23.5. The van der Waals surface area contributed by atoms with Crippen molar-refractivity contribution in [2.75, 3.05) is 0 Å². The second-order valence-electron chi connectivity index (χ2n) is 5.85. The number of para-hydroxylation sites is 1. The molecule has 1 unspecified atom stereocenters. The first-order chi connectivity index (χ1) is 12.7. The van der Waals surface area contributed by atoms with Gasteiger partial charge in [0, 0.05) is 22.0 Å². The van der Waals surface area contributed by atoms with Gasteiger partial charge in [-0.15, -0.1) is 0 Å². The van der Waals surface area contributed by atoms with E-state index in [9.17, 15) is 9.59 Å². The summed E-state index contributed by atoms with van der Waals surface area (Å²) < 4.78 is 5.68. The van der Waals surface area contributed by atoms with Crippen molar-refractivity contribution >= 4 is 25.7 Å². The van der Waals surface area contributed by atoms with Crippen molar-refractivity contribution in [1.82, 2.24) is 0 Å². The SMILES string of the molecule is O=C1C=CC(=O)c2ccccc21.c1ccc2c(c1)OPc1ccccc1-2. The van der Waals surface area contributed by atoms with Crippen molar-refractivity contribution in [3.05, 3.63) is 96.1 Å². The number of allylic oxidation sites excluding steroid dienone is 2. The highest BCUT2D eigenvalue weighted by Gasteiger charge is 2.17. The van der Waals surface area contributed by atoms with Crippen molar-refractivity contribution in [3.63, 3.8) is 0 Å². The lowest BCUT2D eigenvalue weighted by molar-refractivity contribution is 0.0994. The molecule has 0 saturated heterocycles. The highest BCUT2D eigenvalue weighted by Crippen LogP contribution is 2.38. The van der Waals surface area contributed by atoms with E-state index in [0.717, 1.165) is 5.75 Å². The van der Waals surface area contributed by atoms with Crippen LogP contribution in [0, 0.1) is 0 Å². The van der Waals surface area contributed by atoms with Crippen molar-refractivity contribution in [2.24, 2.45) is 0 Å². The minimum absolute atomic E-state index is 0.0924. The van der Waals surface area contributed by atoms with E-state index in [0.29, 0.717) is 19.9 Å². The predicted octanol–water partition coefficient (Wildman–Crippen LogP) is 4.59. The first-order valence-corrected chi connectivity index (χ1v) is 9.12. The molecule has 3 aromatic carbocycles. The first-order valence-electron chi connectivity index (χ1n) is 8.21. The molecule has 0 spiro atoms. The Labute approximate surface area is 153 Å². The molecule has 1 aliphatic carbocycles. The van der Waals surface area contributed by atoms with Crippen molar-refractivity contribution < 1.29 is 14.1 Å². The molecular weight excluding hydrogens is 343 g/mol. The van der Waals surface area contributed by atoms with Gasteiger partial charge in [0.1, 0.15) is 14.6 Å². The molecule has 5 rings (SSSR count). The number of rotatable bonds is 0. The number of carbonyl (C=O) groups excluding carboxylic acids is 2. The van der Waals surface area contributed by atoms with Crippen molar-refractivity contribution in [2.45, 2.75) is 0 Å². The van der Waals surface area contributed by atoms with Crippen LogP contribution in [0.15, 0.2) is 84.9 Å². The molecule has 0 bridgehead atoms. The molecule has 1 heterocycles. The van der Waals surface area contributed by atoms with E-state index in [-0.39, 0.29) is 11.6 Å². The third kappa shape index (κ3) is 3.10. The van der Waals surface area contributed by atoms with Gasteiger partial charge in [-0.2, -0.15) is 0 Å². The molecule has 0 N–H and O–H groups in total. The highest BCUT2D eigenvalue weighted by atomic mass is 31.1. The minimum Gasteiger partial charge on any atom is -0.472 e. The topological polar surface area (TPSA) is 43.4 Å². The van der Waals surface area contributed by atoms with Crippen molar-refractivity contribution in [1.29, 1.82) is 0 Å². The fourth-order valence-corrected chi connectivity index (χ4v) is 3.83. The zero-order valence-electron chi connectivity index (χ0n) is 13.8. The van der Waals surface area contributed by atoms with E-state index < -0.39 is 0 Å². The number of ketones is 2. The fraction of sp³-hybridized carbons (Fsp3) is 0. The van der Waals surface area contributed by atoms with E-state index in [1.165, 1.54) is 28.6 Å². The van der Waals surface area contributed by atoms with Crippen molar-refractivity contribution in [3.8, 4) is 16.9 Å². The molecule has 0 radical (unpaired) electrons. The average molecular weight is 358 g/mol. The molecule has 1 atom stereocenters. The molecule has 1 aliphatic heterocycles. The molecule has 3 nitrogen and oxygen atoms in total. The summed E-state index contributed by atoms with van der Waals surface area (Å²) in [5.74, 6) is 0.819. The number of hydrogen-bond acceptors (Lipinski definition) is 3. The van der Waals surface area contributed by atoms with Crippen LogP contribution in [-0.2, 0) is 0 Å². The summed E-state index contributed by atoms with van der Waals surface area (Å²) in [5, 5.41) is 1.30. The molecule has 2 aliphatic rings. The van der Waals surface area contributed by atoms with E-state index in [1.54, 1.807) is 24.3 Å². The van der Waals surface area contributed by atoms with Gasteiger partial charge in [-0.25, -0.2) is 0 Å². The van der Waals surface area contributed by atoms with Crippen LogP contribution >= 0.6 is 8.81 Å². The third-order valence-corrected chi connectivity index (χ3v) is 5.20. The second kappa shape index (κ2) is 7.07. The molecule has 4 heteroatoms.